The smallest absolute Gasteiger partial charge is 0.229 e. The lowest BCUT2D eigenvalue weighted by Gasteiger charge is -2.38. The van der Waals surface area contributed by atoms with Gasteiger partial charge in [0.2, 0.25) is 11.8 Å². The van der Waals surface area contributed by atoms with Gasteiger partial charge in [-0.2, -0.15) is 5.10 Å². The molecular formula is C20H20N4O2. The Morgan fingerprint density at radius 3 is 2.85 bits per heavy atom. The molecule has 1 fully saturated rings. The van der Waals surface area contributed by atoms with Gasteiger partial charge < -0.3 is 10.2 Å². The summed E-state index contributed by atoms with van der Waals surface area (Å²) in [4.78, 5) is 26.9. The molecule has 1 aromatic heterocycles. The summed E-state index contributed by atoms with van der Waals surface area (Å²) in [6.45, 7) is 0. The number of piperidine rings is 1. The Morgan fingerprint density at radius 2 is 2.04 bits per heavy atom. The van der Waals surface area contributed by atoms with E-state index in [1.54, 1.807) is 18.1 Å². The van der Waals surface area contributed by atoms with Gasteiger partial charge in [-0.3, -0.25) is 14.7 Å². The molecule has 0 bridgehead atoms. The quantitative estimate of drug-likeness (QED) is 0.763. The molecule has 0 radical (unpaired) electrons. The van der Waals surface area contributed by atoms with Crippen molar-refractivity contribution < 1.29 is 9.59 Å². The van der Waals surface area contributed by atoms with Gasteiger partial charge in [0, 0.05) is 24.5 Å². The first-order chi connectivity index (χ1) is 12.6. The number of benzene rings is 2. The Balaban J connectivity index is 1.60. The zero-order valence-electron chi connectivity index (χ0n) is 14.5. The van der Waals surface area contributed by atoms with Crippen LogP contribution < -0.4 is 5.32 Å². The molecule has 4 rings (SSSR count). The molecule has 2 amide bonds. The van der Waals surface area contributed by atoms with E-state index in [0.717, 1.165) is 22.2 Å². The minimum Gasteiger partial charge on any atom is -0.338 e. The third-order valence-corrected chi connectivity index (χ3v) is 5.05. The van der Waals surface area contributed by atoms with Crippen LogP contribution in [0, 0.1) is 5.92 Å². The van der Waals surface area contributed by atoms with E-state index in [0.29, 0.717) is 12.8 Å². The number of amides is 2. The van der Waals surface area contributed by atoms with Gasteiger partial charge >= 0.3 is 0 Å². The maximum atomic E-state index is 13.0. The minimum atomic E-state index is -0.294. The highest BCUT2D eigenvalue weighted by atomic mass is 16.2. The van der Waals surface area contributed by atoms with Crippen LogP contribution in [0.2, 0.25) is 0 Å². The molecule has 3 aromatic rings. The first-order valence-electron chi connectivity index (χ1n) is 8.68. The van der Waals surface area contributed by atoms with Crippen molar-refractivity contribution in [2.75, 3.05) is 12.4 Å². The predicted molar refractivity (Wildman–Crippen MR) is 99.4 cm³/mol. The van der Waals surface area contributed by atoms with E-state index in [-0.39, 0.29) is 23.8 Å². The van der Waals surface area contributed by atoms with Crippen LogP contribution >= 0.6 is 0 Å². The fraction of sp³-hybridized carbons (Fsp3) is 0.250. The lowest BCUT2D eigenvalue weighted by atomic mass is 9.84. The number of nitrogens with one attached hydrogen (secondary N) is 2. The van der Waals surface area contributed by atoms with Crippen molar-refractivity contribution in [1.29, 1.82) is 0 Å². The second-order valence-electron chi connectivity index (χ2n) is 6.67. The Morgan fingerprint density at radius 1 is 1.23 bits per heavy atom. The summed E-state index contributed by atoms with van der Waals surface area (Å²) in [6.07, 6.45) is 2.67. The summed E-state index contributed by atoms with van der Waals surface area (Å²) in [5.41, 5.74) is 2.57. The molecule has 1 aliphatic heterocycles. The molecule has 2 N–H and O–H groups in total. The first kappa shape index (κ1) is 16.3. The number of rotatable bonds is 3. The topological polar surface area (TPSA) is 78.1 Å². The van der Waals surface area contributed by atoms with Crippen LogP contribution in [0.3, 0.4) is 0 Å². The van der Waals surface area contributed by atoms with Gasteiger partial charge in [-0.25, -0.2) is 0 Å². The van der Waals surface area contributed by atoms with Gasteiger partial charge in [-0.15, -0.1) is 0 Å². The zero-order chi connectivity index (χ0) is 18.1. The van der Waals surface area contributed by atoms with Crippen LogP contribution in [0.5, 0.6) is 0 Å². The van der Waals surface area contributed by atoms with Crippen molar-refractivity contribution >= 4 is 28.4 Å². The summed E-state index contributed by atoms with van der Waals surface area (Å²) in [5.74, 6) is -0.295. The van der Waals surface area contributed by atoms with E-state index >= 15 is 0 Å². The molecule has 132 valence electrons. The summed E-state index contributed by atoms with van der Waals surface area (Å²) in [6, 6.07) is 15.1. The van der Waals surface area contributed by atoms with Crippen LogP contribution in [0.25, 0.3) is 10.9 Å². The fourth-order valence-corrected chi connectivity index (χ4v) is 3.67. The van der Waals surface area contributed by atoms with Crippen molar-refractivity contribution in [3.63, 3.8) is 0 Å². The molecule has 0 spiro atoms. The Hall–Kier alpha value is -3.15. The number of H-pyrrole nitrogens is 1. The molecule has 6 heteroatoms. The molecule has 26 heavy (non-hydrogen) atoms. The third-order valence-electron chi connectivity index (χ3n) is 5.05. The normalized spacial score (nSPS) is 20.3. The van der Waals surface area contributed by atoms with E-state index in [9.17, 15) is 9.59 Å². The number of likely N-dealkylation sites (tertiary alicyclic amines) is 1. The van der Waals surface area contributed by atoms with E-state index in [4.69, 9.17) is 0 Å². The molecule has 0 saturated carbocycles. The number of anilines is 1. The van der Waals surface area contributed by atoms with E-state index in [1.165, 1.54) is 0 Å². The molecule has 0 aliphatic carbocycles. The minimum absolute atomic E-state index is 0.0711. The average molecular weight is 348 g/mol. The highest BCUT2D eigenvalue weighted by Gasteiger charge is 2.38. The lowest BCUT2D eigenvalue weighted by molar-refractivity contribution is -0.140. The van der Waals surface area contributed by atoms with Crippen LogP contribution in [-0.4, -0.2) is 34.0 Å². The maximum Gasteiger partial charge on any atom is 0.229 e. The summed E-state index contributed by atoms with van der Waals surface area (Å²) in [5, 5.41) is 10.9. The van der Waals surface area contributed by atoms with Crippen LogP contribution in [0.1, 0.15) is 24.4 Å². The van der Waals surface area contributed by atoms with Gasteiger partial charge in [0.05, 0.1) is 23.7 Å². The highest BCUT2D eigenvalue weighted by molar-refractivity contribution is 5.96. The van der Waals surface area contributed by atoms with Crippen molar-refractivity contribution in [2.45, 2.75) is 18.9 Å². The van der Waals surface area contributed by atoms with Gasteiger partial charge in [0.25, 0.3) is 0 Å². The van der Waals surface area contributed by atoms with Crippen molar-refractivity contribution in [1.82, 2.24) is 15.1 Å². The zero-order valence-corrected chi connectivity index (χ0v) is 14.5. The number of hydrogen-bond acceptors (Lipinski definition) is 3. The monoisotopic (exact) mass is 348 g/mol. The highest BCUT2D eigenvalue weighted by Crippen LogP contribution is 2.36. The molecule has 6 nitrogen and oxygen atoms in total. The van der Waals surface area contributed by atoms with E-state index in [1.807, 2.05) is 48.5 Å². The predicted octanol–water partition coefficient (Wildman–Crippen LogP) is 3.11. The molecule has 2 aromatic carbocycles. The Kier molecular flexibility index (Phi) is 4.16. The summed E-state index contributed by atoms with van der Waals surface area (Å²) < 4.78 is 0. The summed E-state index contributed by atoms with van der Waals surface area (Å²) in [7, 11) is 1.77. The maximum absolute atomic E-state index is 13.0. The second-order valence-corrected chi connectivity index (χ2v) is 6.67. The molecule has 2 heterocycles. The SMILES string of the molecule is CN1C(=O)CC[C@@H](C(=O)Nc2ccc3cn[nH]c3c2)[C@H]1c1ccccc1. The molecule has 0 unspecified atom stereocenters. The number of carbonyl (C=O) groups is 2. The molecule has 1 aliphatic rings. The standard InChI is InChI=1S/C20H20N4O2/c1-24-18(25)10-9-16(19(24)13-5-3-2-4-6-13)20(26)22-15-8-7-14-12-21-23-17(14)11-15/h2-8,11-12,16,19H,9-10H2,1H3,(H,21,23)(H,22,26)/t16-,19-/m1/s1. The van der Waals surface area contributed by atoms with Crippen molar-refractivity contribution in [2.24, 2.45) is 5.92 Å². The first-order valence-corrected chi connectivity index (χ1v) is 8.68. The van der Waals surface area contributed by atoms with Gasteiger partial charge in [0.1, 0.15) is 0 Å². The second kappa shape index (κ2) is 6.63. The van der Waals surface area contributed by atoms with Crippen molar-refractivity contribution in [3.8, 4) is 0 Å². The van der Waals surface area contributed by atoms with Crippen molar-refractivity contribution in [3.05, 3.63) is 60.3 Å². The van der Waals surface area contributed by atoms with E-state index in [2.05, 4.69) is 15.5 Å². The third kappa shape index (κ3) is 2.94. The molecule has 2 atom stereocenters. The van der Waals surface area contributed by atoms with Gasteiger partial charge in [-0.05, 0) is 30.2 Å². The summed E-state index contributed by atoms with van der Waals surface area (Å²) >= 11 is 0. The number of aromatic amines is 1. The van der Waals surface area contributed by atoms with E-state index < -0.39 is 0 Å². The Bertz CT molecular complexity index is 951. The number of fused-ring (bicyclic) bond motifs is 1. The molecular weight excluding hydrogens is 328 g/mol. The largest absolute Gasteiger partial charge is 0.338 e. The number of carbonyl (C=O) groups excluding carboxylic acids is 2. The van der Waals surface area contributed by atoms with Crippen LogP contribution in [0.15, 0.2) is 54.7 Å². The van der Waals surface area contributed by atoms with Gasteiger partial charge in [-0.1, -0.05) is 30.3 Å². The Labute approximate surface area is 151 Å². The van der Waals surface area contributed by atoms with Crippen LogP contribution in [-0.2, 0) is 9.59 Å². The molecule has 1 saturated heterocycles. The number of aromatic nitrogens is 2. The fourth-order valence-electron chi connectivity index (χ4n) is 3.67. The number of nitrogens with zero attached hydrogens (tertiary/aromatic N) is 2. The number of hydrogen-bond donors (Lipinski definition) is 2. The van der Waals surface area contributed by atoms with Gasteiger partial charge in [0.15, 0.2) is 0 Å². The average Bonchev–Trinajstić information content (AvgIpc) is 3.12. The van der Waals surface area contributed by atoms with Crippen LogP contribution in [0.4, 0.5) is 5.69 Å². The lowest BCUT2D eigenvalue weighted by Crippen LogP contribution is -2.44.